The Hall–Kier alpha value is -4.40. The fourth-order valence-corrected chi connectivity index (χ4v) is 4.00. The Morgan fingerprint density at radius 2 is 1.67 bits per heavy atom. The maximum atomic E-state index is 13.0. The third-order valence-corrected chi connectivity index (χ3v) is 5.67. The van der Waals surface area contributed by atoms with Gasteiger partial charge < -0.3 is 4.74 Å². The van der Waals surface area contributed by atoms with E-state index in [4.69, 9.17) is 4.74 Å². The maximum absolute atomic E-state index is 13.0. The van der Waals surface area contributed by atoms with Crippen LogP contribution in [0.2, 0.25) is 0 Å². The van der Waals surface area contributed by atoms with Crippen molar-refractivity contribution < 1.29 is 9.53 Å². The molecule has 5 rings (SSSR count). The van der Waals surface area contributed by atoms with E-state index in [9.17, 15) is 14.4 Å². The van der Waals surface area contributed by atoms with Gasteiger partial charge in [0.1, 0.15) is 0 Å². The molecule has 0 fully saturated rings. The number of benzene rings is 2. The molecule has 3 heterocycles. The monoisotopic (exact) mass is 443 g/mol. The Kier molecular flexibility index (Phi) is 4.74. The van der Waals surface area contributed by atoms with Crippen LogP contribution in [0.3, 0.4) is 0 Å². The Bertz CT molecular complexity index is 1640. The summed E-state index contributed by atoms with van der Waals surface area (Å²) in [4.78, 5) is 42.2. The smallest absolute Gasteiger partial charge is 0.338 e. The summed E-state index contributed by atoms with van der Waals surface area (Å²) < 4.78 is 11.1. The molecule has 0 radical (unpaired) electrons. The van der Waals surface area contributed by atoms with E-state index in [1.165, 1.54) is 11.6 Å². The summed E-state index contributed by atoms with van der Waals surface area (Å²) in [6.45, 7) is 2.06. The molecule has 9 heteroatoms. The van der Waals surface area contributed by atoms with Gasteiger partial charge in [0.05, 0.1) is 17.9 Å². The first kappa shape index (κ1) is 20.5. The molecule has 2 aromatic carbocycles. The van der Waals surface area contributed by atoms with E-state index < -0.39 is 17.2 Å². The zero-order chi connectivity index (χ0) is 23.3. The van der Waals surface area contributed by atoms with Crippen LogP contribution in [0.1, 0.15) is 17.3 Å². The quantitative estimate of drug-likeness (QED) is 0.398. The average molecular weight is 443 g/mol. The fourth-order valence-electron chi connectivity index (χ4n) is 4.00. The van der Waals surface area contributed by atoms with E-state index in [0.717, 1.165) is 21.5 Å². The van der Waals surface area contributed by atoms with Crippen molar-refractivity contribution in [2.75, 3.05) is 6.61 Å². The molecule has 166 valence electrons. The standard InChI is InChI=1S/C24H21N5O4/c1-4-33-22(31)16-10-12-17(13-11-16)29-18(15-8-6-5-7-9-15)14-28-19-20(25-23(28)29)26(2)24(32)27(3)21(19)30/h5-14H,4H2,1-3H3. The van der Waals surface area contributed by atoms with Crippen LogP contribution in [0.15, 0.2) is 70.4 Å². The zero-order valence-electron chi connectivity index (χ0n) is 18.3. The number of ether oxygens (including phenoxy) is 1. The number of esters is 1. The van der Waals surface area contributed by atoms with E-state index >= 15 is 0 Å². The predicted octanol–water partition coefficient (Wildman–Crippen LogP) is 2.52. The second-order valence-corrected chi connectivity index (χ2v) is 7.64. The van der Waals surface area contributed by atoms with Crippen molar-refractivity contribution in [2.45, 2.75) is 6.92 Å². The van der Waals surface area contributed by atoms with Gasteiger partial charge in [0, 0.05) is 31.5 Å². The van der Waals surface area contributed by atoms with E-state index in [2.05, 4.69) is 4.98 Å². The average Bonchev–Trinajstić information content (AvgIpc) is 3.39. The van der Waals surface area contributed by atoms with Gasteiger partial charge in [0.2, 0.25) is 5.78 Å². The summed E-state index contributed by atoms with van der Waals surface area (Å²) >= 11 is 0. The molecule has 0 spiro atoms. The lowest BCUT2D eigenvalue weighted by Gasteiger charge is -2.10. The lowest BCUT2D eigenvalue weighted by molar-refractivity contribution is 0.0526. The van der Waals surface area contributed by atoms with Crippen molar-refractivity contribution in [3.63, 3.8) is 0 Å². The number of carbonyl (C=O) groups is 1. The number of aryl methyl sites for hydroxylation is 1. The van der Waals surface area contributed by atoms with Gasteiger partial charge in [0.25, 0.3) is 5.56 Å². The first-order valence-corrected chi connectivity index (χ1v) is 10.4. The summed E-state index contributed by atoms with van der Waals surface area (Å²) in [6, 6.07) is 16.7. The molecule has 0 bridgehead atoms. The number of fused-ring (bicyclic) bond motifs is 3. The number of aromatic nitrogens is 5. The molecule has 33 heavy (non-hydrogen) atoms. The van der Waals surface area contributed by atoms with Crippen molar-refractivity contribution in [1.82, 2.24) is 23.1 Å². The Morgan fingerprint density at radius 3 is 2.33 bits per heavy atom. The van der Waals surface area contributed by atoms with Crippen LogP contribution in [-0.2, 0) is 18.8 Å². The van der Waals surface area contributed by atoms with Gasteiger partial charge in [-0.3, -0.25) is 22.9 Å². The van der Waals surface area contributed by atoms with Crippen molar-refractivity contribution in [3.05, 3.63) is 87.2 Å². The van der Waals surface area contributed by atoms with Crippen molar-refractivity contribution in [3.8, 4) is 16.9 Å². The van der Waals surface area contributed by atoms with Gasteiger partial charge in [-0.1, -0.05) is 30.3 Å². The van der Waals surface area contributed by atoms with Gasteiger partial charge >= 0.3 is 11.7 Å². The number of nitrogens with zero attached hydrogens (tertiary/aromatic N) is 5. The molecule has 0 unspecified atom stereocenters. The minimum Gasteiger partial charge on any atom is -0.462 e. The molecule has 0 aliphatic rings. The lowest BCUT2D eigenvalue weighted by atomic mass is 10.1. The van der Waals surface area contributed by atoms with E-state index in [1.54, 1.807) is 42.6 Å². The van der Waals surface area contributed by atoms with Gasteiger partial charge in [-0.15, -0.1) is 0 Å². The molecule has 0 N–H and O–H groups in total. The molecule has 5 aromatic rings. The predicted molar refractivity (Wildman–Crippen MR) is 124 cm³/mol. The second-order valence-electron chi connectivity index (χ2n) is 7.64. The van der Waals surface area contributed by atoms with Crippen molar-refractivity contribution >= 4 is 22.9 Å². The molecule has 0 aliphatic carbocycles. The van der Waals surface area contributed by atoms with Crippen LogP contribution in [0.5, 0.6) is 0 Å². The summed E-state index contributed by atoms with van der Waals surface area (Å²) in [7, 11) is 3.04. The van der Waals surface area contributed by atoms with Crippen LogP contribution >= 0.6 is 0 Å². The van der Waals surface area contributed by atoms with Crippen LogP contribution in [-0.4, -0.2) is 35.7 Å². The Balaban J connectivity index is 1.83. The number of rotatable bonds is 4. The normalized spacial score (nSPS) is 11.4. The first-order chi connectivity index (χ1) is 15.9. The van der Waals surface area contributed by atoms with Gasteiger partial charge in [-0.05, 0) is 31.2 Å². The molecule has 9 nitrogen and oxygen atoms in total. The number of imidazole rings is 2. The fraction of sp³-hybridized carbons (Fsp3) is 0.167. The molecule has 0 amide bonds. The minimum atomic E-state index is -0.443. The first-order valence-electron chi connectivity index (χ1n) is 10.4. The number of hydrogen-bond acceptors (Lipinski definition) is 5. The third kappa shape index (κ3) is 3.08. The van der Waals surface area contributed by atoms with Gasteiger partial charge in [-0.2, -0.15) is 4.98 Å². The molecular weight excluding hydrogens is 422 g/mol. The third-order valence-electron chi connectivity index (χ3n) is 5.67. The highest BCUT2D eigenvalue weighted by molar-refractivity contribution is 5.89. The zero-order valence-corrected chi connectivity index (χ0v) is 18.3. The molecule has 3 aromatic heterocycles. The Labute approximate surface area is 187 Å². The molecule has 0 saturated heterocycles. The van der Waals surface area contributed by atoms with Crippen LogP contribution in [0.4, 0.5) is 0 Å². The molecule has 0 saturated carbocycles. The molecule has 0 aliphatic heterocycles. The summed E-state index contributed by atoms with van der Waals surface area (Å²) in [5, 5.41) is 0. The summed E-state index contributed by atoms with van der Waals surface area (Å²) in [5.41, 5.74) is 2.66. The van der Waals surface area contributed by atoms with Crippen LogP contribution in [0, 0.1) is 0 Å². The summed E-state index contributed by atoms with van der Waals surface area (Å²) in [6.07, 6.45) is 1.84. The highest BCUT2D eigenvalue weighted by atomic mass is 16.5. The SMILES string of the molecule is CCOC(=O)c1ccc(-n2c(-c3ccccc3)cn3c4c(=O)n(C)c(=O)n(C)c4nc23)cc1. The number of hydrogen-bond donors (Lipinski definition) is 0. The Morgan fingerprint density at radius 1 is 0.970 bits per heavy atom. The van der Waals surface area contributed by atoms with Crippen molar-refractivity contribution in [2.24, 2.45) is 14.1 Å². The topological polar surface area (TPSA) is 92.5 Å². The highest BCUT2D eigenvalue weighted by Gasteiger charge is 2.21. The number of carbonyl (C=O) groups excluding carboxylic acids is 1. The van der Waals surface area contributed by atoms with E-state index in [0.29, 0.717) is 29.1 Å². The van der Waals surface area contributed by atoms with Crippen LogP contribution in [0.25, 0.3) is 33.9 Å². The van der Waals surface area contributed by atoms with Gasteiger partial charge in [-0.25, -0.2) is 9.59 Å². The highest BCUT2D eigenvalue weighted by Crippen LogP contribution is 2.29. The van der Waals surface area contributed by atoms with Gasteiger partial charge in [0.15, 0.2) is 11.2 Å². The maximum Gasteiger partial charge on any atom is 0.338 e. The molecule has 0 atom stereocenters. The van der Waals surface area contributed by atoms with E-state index in [-0.39, 0.29) is 0 Å². The van der Waals surface area contributed by atoms with Crippen molar-refractivity contribution in [1.29, 1.82) is 0 Å². The van der Waals surface area contributed by atoms with Crippen LogP contribution < -0.4 is 11.2 Å². The minimum absolute atomic E-state index is 0.297. The second kappa shape index (κ2) is 7.63. The largest absolute Gasteiger partial charge is 0.462 e. The lowest BCUT2D eigenvalue weighted by Crippen LogP contribution is -2.37. The molecular formula is C24H21N5O4. The summed E-state index contributed by atoms with van der Waals surface area (Å²) in [5.74, 6) is 0.0843. The van der Waals surface area contributed by atoms with E-state index in [1.807, 2.05) is 41.1 Å².